The number of allylic oxidation sites excluding steroid dienone is 4. The Balaban J connectivity index is 1.55. The van der Waals surface area contributed by atoms with Crippen molar-refractivity contribution in [1.82, 2.24) is 0 Å². The second-order valence-electron chi connectivity index (χ2n) is 14.3. The molecule has 12 heteroatoms. The van der Waals surface area contributed by atoms with Gasteiger partial charge in [0.1, 0.15) is 6.10 Å². The van der Waals surface area contributed by atoms with Gasteiger partial charge < -0.3 is 37.9 Å². The monoisotopic (exact) mass is 752 g/mol. The highest BCUT2D eigenvalue weighted by Gasteiger charge is 2.95. The maximum Gasteiger partial charge on any atom is 0.314 e. The Morgan fingerprint density at radius 1 is 1.04 bits per heavy atom. The summed E-state index contributed by atoms with van der Waals surface area (Å²) in [6.07, 6.45) is 13.4. The number of esters is 3. The zero-order valence-corrected chi connectivity index (χ0v) is 31.1. The molecule has 0 aromatic rings. The minimum Gasteiger partial charge on any atom is -0.469 e. The molecule has 0 aromatic carbocycles. The average Bonchev–Trinajstić information content (AvgIpc) is 3.75. The van der Waals surface area contributed by atoms with Crippen LogP contribution in [-0.2, 0) is 52.3 Å². The van der Waals surface area contributed by atoms with Gasteiger partial charge in [0, 0.05) is 24.9 Å². The molecule has 7 rings (SSSR count). The normalized spacial score (nSPS) is 40.3. The number of carbonyl (C=O) groups excluding carboxylic acids is 3. The van der Waals surface area contributed by atoms with E-state index in [-0.39, 0.29) is 18.3 Å². The molecule has 0 radical (unpaired) electrons. The minimum absolute atomic E-state index is 0.0281. The largest absolute Gasteiger partial charge is 0.469 e. The van der Waals surface area contributed by atoms with Crippen LogP contribution in [0.15, 0.2) is 24.3 Å². The first-order valence-corrected chi connectivity index (χ1v) is 19.3. The Bertz CT molecular complexity index is 1300. The summed E-state index contributed by atoms with van der Waals surface area (Å²) in [5, 5.41) is 0.310. The van der Waals surface area contributed by atoms with Gasteiger partial charge in [-0.2, -0.15) is 0 Å². The molecule has 4 saturated carbocycles. The summed E-state index contributed by atoms with van der Waals surface area (Å²) in [5.41, 5.74) is -2.83. The Morgan fingerprint density at radius 2 is 1.78 bits per heavy atom. The predicted molar refractivity (Wildman–Crippen MR) is 180 cm³/mol. The summed E-state index contributed by atoms with van der Waals surface area (Å²) in [7, 11) is 2.68. The standard InChI is InChI=1S/C37H53BrO11/c1-6-9-11-12-13-14-16-23-24-20-26(35(17-15-10-7-2)45-18-19-46-35)47-37-28(24)29(32(40)42-4)34(33(41)43-5)21-25(31(39)49-37)36(37,30(23)34)48-27(22-38)44-8-3/h6-7,9-10,23-30H,8,11-22H2,1-5H3/b9-6+,10-7+/t23-,24-,25+,26-,27?,28-,29+,30+,34+,36+,37+/m1/s1. The Kier molecular flexibility index (Phi) is 11.1. The van der Waals surface area contributed by atoms with Gasteiger partial charge >= 0.3 is 17.9 Å². The van der Waals surface area contributed by atoms with E-state index in [4.69, 9.17) is 37.9 Å². The lowest BCUT2D eigenvalue weighted by molar-refractivity contribution is -0.457. The van der Waals surface area contributed by atoms with Crippen molar-refractivity contribution >= 4 is 33.8 Å². The zero-order chi connectivity index (χ0) is 35.0. The van der Waals surface area contributed by atoms with Crippen LogP contribution in [0.4, 0.5) is 0 Å². The number of carbonyl (C=O) groups is 3. The maximum absolute atomic E-state index is 14.4. The molecule has 3 aliphatic heterocycles. The van der Waals surface area contributed by atoms with Crippen molar-refractivity contribution < 1.29 is 52.3 Å². The number of rotatable bonds is 17. The fourth-order valence-corrected chi connectivity index (χ4v) is 11.3. The maximum atomic E-state index is 14.4. The number of hydrogen-bond acceptors (Lipinski definition) is 11. The lowest BCUT2D eigenvalue weighted by Gasteiger charge is -2.71. The van der Waals surface area contributed by atoms with Crippen molar-refractivity contribution in [2.45, 2.75) is 108 Å². The third-order valence-electron chi connectivity index (χ3n) is 12.4. The van der Waals surface area contributed by atoms with Crippen molar-refractivity contribution in [2.75, 3.05) is 39.4 Å². The minimum atomic E-state index is -1.72. The van der Waals surface area contributed by atoms with Gasteiger partial charge in [0.2, 0.25) is 5.79 Å². The molecule has 274 valence electrons. The van der Waals surface area contributed by atoms with Gasteiger partial charge in [-0.05, 0) is 71.1 Å². The van der Waals surface area contributed by atoms with Crippen molar-refractivity contribution in [1.29, 1.82) is 0 Å². The molecule has 0 amide bonds. The molecule has 0 aromatic heterocycles. The summed E-state index contributed by atoms with van der Waals surface area (Å²) in [6.45, 7) is 7.05. The van der Waals surface area contributed by atoms with Gasteiger partial charge in [-0.15, -0.1) is 0 Å². The fraction of sp³-hybridized carbons (Fsp3) is 0.811. The lowest BCUT2D eigenvalue weighted by atomic mass is 9.38. The van der Waals surface area contributed by atoms with Gasteiger partial charge in [0.25, 0.3) is 0 Å². The Labute approximate surface area is 298 Å². The van der Waals surface area contributed by atoms with Crippen LogP contribution in [0.25, 0.3) is 0 Å². The van der Waals surface area contributed by atoms with Gasteiger partial charge in [0.15, 0.2) is 17.7 Å². The topological polar surface area (TPSA) is 125 Å². The van der Waals surface area contributed by atoms with Crippen LogP contribution >= 0.6 is 15.9 Å². The second-order valence-corrected chi connectivity index (χ2v) is 15.0. The Morgan fingerprint density at radius 3 is 2.43 bits per heavy atom. The van der Waals surface area contributed by atoms with Crippen LogP contribution < -0.4 is 0 Å². The van der Waals surface area contributed by atoms with E-state index in [0.717, 1.165) is 32.1 Å². The van der Waals surface area contributed by atoms with Gasteiger partial charge in [-0.1, -0.05) is 53.1 Å². The van der Waals surface area contributed by atoms with Crippen LogP contribution in [0.2, 0.25) is 0 Å². The summed E-state index contributed by atoms with van der Waals surface area (Å²) in [5.74, 6) is -7.95. The number of halogens is 1. The molecular formula is C37H53BrO11. The van der Waals surface area contributed by atoms with E-state index in [0.29, 0.717) is 44.4 Å². The fourth-order valence-electron chi connectivity index (χ4n) is 11.0. The summed E-state index contributed by atoms with van der Waals surface area (Å²) in [4.78, 5) is 42.8. The molecule has 11 atom stereocenters. The van der Waals surface area contributed by atoms with Crippen LogP contribution in [0.5, 0.6) is 0 Å². The van der Waals surface area contributed by atoms with Crippen LogP contribution in [-0.4, -0.2) is 86.8 Å². The molecule has 3 saturated heterocycles. The number of hydrogen-bond donors (Lipinski definition) is 0. The average molecular weight is 754 g/mol. The SMILES string of the molecule is C/C=C/CCCCC[C@@H]1[C@H]2C[C@H](C3(CC/C=C/C)OCCO3)O[C@]34OC(=O)[C@@H]5C[C@](C(=O)OC)([C@H](C(=O)OC)[C@@H]23)[C@H]1[C@@]54OC(CBr)OCC. The van der Waals surface area contributed by atoms with Gasteiger partial charge in [0.05, 0.1) is 50.0 Å². The number of ether oxygens (including phenoxy) is 8. The van der Waals surface area contributed by atoms with Crippen molar-refractivity contribution in [3.05, 3.63) is 24.3 Å². The van der Waals surface area contributed by atoms with E-state index in [1.54, 1.807) is 0 Å². The first-order chi connectivity index (χ1) is 23.7. The quantitative estimate of drug-likeness (QED) is 0.0459. The lowest BCUT2D eigenvalue weighted by Crippen LogP contribution is -2.83. The van der Waals surface area contributed by atoms with E-state index < -0.39 is 76.6 Å². The first kappa shape index (κ1) is 36.9. The van der Waals surface area contributed by atoms with E-state index in [2.05, 4.69) is 34.2 Å². The molecule has 1 spiro atoms. The third kappa shape index (κ3) is 5.40. The van der Waals surface area contributed by atoms with Crippen LogP contribution in [0.3, 0.4) is 0 Å². The van der Waals surface area contributed by atoms with Gasteiger partial charge in [-0.25, -0.2) is 0 Å². The van der Waals surface area contributed by atoms with E-state index in [9.17, 15) is 14.4 Å². The van der Waals surface area contributed by atoms with Crippen molar-refractivity contribution in [3.63, 3.8) is 0 Å². The number of alkyl halides is 1. The molecule has 7 aliphatic rings. The van der Waals surface area contributed by atoms with Crippen LogP contribution in [0.1, 0.15) is 78.6 Å². The third-order valence-corrected chi connectivity index (χ3v) is 12.9. The molecule has 6 bridgehead atoms. The van der Waals surface area contributed by atoms with Crippen LogP contribution in [0, 0.1) is 40.9 Å². The molecule has 7 fully saturated rings. The smallest absolute Gasteiger partial charge is 0.314 e. The zero-order valence-electron chi connectivity index (χ0n) is 29.5. The highest BCUT2D eigenvalue weighted by atomic mass is 79.9. The highest BCUT2D eigenvalue weighted by Crippen LogP contribution is 2.82. The molecule has 1 unspecified atom stereocenters. The molecule has 11 nitrogen and oxygen atoms in total. The van der Waals surface area contributed by atoms with Gasteiger partial charge in [-0.3, -0.25) is 14.4 Å². The molecule has 3 heterocycles. The van der Waals surface area contributed by atoms with Crippen molar-refractivity contribution in [2.24, 2.45) is 40.9 Å². The molecule has 0 N–H and O–H groups in total. The molecule has 4 aliphatic carbocycles. The van der Waals surface area contributed by atoms with E-state index >= 15 is 0 Å². The number of methoxy groups -OCH3 is 2. The number of unbranched alkanes of at least 4 members (excludes halogenated alkanes) is 3. The predicted octanol–water partition coefficient (Wildman–Crippen LogP) is 5.63. The molecule has 49 heavy (non-hydrogen) atoms. The summed E-state index contributed by atoms with van der Waals surface area (Å²) < 4.78 is 50.9. The summed E-state index contributed by atoms with van der Waals surface area (Å²) >= 11 is 3.57. The van der Waals surface area contributed by atoms with E-state index in [1.165, 1.54) is 14.2 Å². The van der Waals surface area contributed by atoms with E-state index in [1.807, 2.05) is 26.8 Å². The summed E-state index contributed by atoms with van der Waals surface area (Å²) in [6, 6.07) is 0. The second kappa shape index (κ2) is 14.7. The molecular weight excluding hydrogens is 700 g/mol. The first-order valence-electron chi connectivity index (χ1n) is 18.1. The van der Waals surface area contributed by atoms with Crippen molar-refractivity contribution in [3.8, 4) is 0 Å². The highest BCUT2D eigenvalue weighted by molar-refractivity contribution is 9.09. The Hall–Kier alpha value is -1.83.